The van der Waals surface area contributed by atoms with Crippen LogP contribution in [0.4, 0.5) is 0 Å². The molecule has 0 aliphatic heterocycles. The van der Waals surface area contributed by atoms with E-state index in [-0.39, 0.29) is 0 Å². The Morgan fingerprint density at radius 2 is 1.56 bits per heavy atom. The largest absolute Gasteiger partial charge is 0.456 e. The molecule has 0 radical (unpaired) electrons. The highest BCUT2D eigenvalue weighted by molar-refractivity contribution is 7.10. The summed E-state index contributed by atoms with van der Waals surface area (Å²) in [4.78, 5) is 1.28. The first-order valence-electron chi connectivity index (χ1n) is 5.37. The number of rotatable bonds is 2. The zero-order valence-corrected chi connectivity index (χ0v) is 10.9. The highest BCUT2D eigenvalue weighted by Gasteiger charge is 2.07. The van der Waals surface area contributed by atoms with E-state index in [2.05, 4.69) is 45.9 Å². The van der Waals surface area contributed by atoms with Gasteiger partial charge in [-0.1, -0.05) is 17.7 Å². The lowest BCUT2D eigenvalue weighted by Gasteiger charge is -2.11. The van der Waals surface area contributed by atoms with Crippen LogP contribution >= 0.6 is 11.3 Å². The summed E-state index contributed by atoms with van der Waals surface area (Å²) in [5.41, 5.74) is 3.67. The number of thiophene rings is 1. The van der Waals surface area contributed by atoms with Gasteiger partial charge < -0.3 is 4.74 Å². The predicted octanol–water partition coefficient (Wildman–Crippen LogP) is 4.77. The lowest BCUT2D eigenvalue weighted by molar-refractivity contribution is 0.477. The van der Waals surface area contributed by atoms with Gasteiger partial charge in [0.1, 0.15) is 11.5 Å². The van der Waals surface area contributed by atoms with Gasteiger partial charge in [0.15, 0.2) is 0 Å². The van der Waals surface area contributed by atoms with Gasteiger partial charge in [0, 0.05) is 10.3 Å². The molecule has 1 aromatic carbocycles. The van der Waals surface area contributed by atoms with Crippen molar-refractivity contribution in [3.63, 3.8) is 0 Å². The summed E-state index contributed by atoms with van der Waals surface area (Å²) >= 11 is 1.71. The van der Waals surface area contributed by atoms with E-state index < -0.39 is 0 Å². The summed E-state index contributed by atoms with van der Waals surface area (Å²) in [6, 6.07) is 6.38. The maximum Gasteiger partial charge on any atom is 0.138 e. The maximum absolute atomic E-state index is 5.93. The molecular weight excluding hydrogens is 216 g/mol. The van der Waals surface area contributed by atoms with Gasteiger partial charge in [0.05, 0.1) is 0 Å². The van der Waals surface area contributed by atoms with Gasteiger partial charge in [-0.3, -0.25) is 0 Å². The van der Waals surface area contributed by atoms with Gasteiger partial charge >= 0.3 is 0 Å². The Hall–Kier alpha value is -1.28. The van der Waals surface area contributed by atoms with Crippen LogP contribution in [0.15, 0.2) is 23.6 Å². The second-order valence-corrected chi connectivity index (χ2v) is 5.34. The first-order chi connectivity index (χ1) is 7.56. The van der Waals surface area contributed by atoms with E-state index >= 15 is 0 Å². The lowest BCUT2D eigenvalue weighted by atomic mass is 10.1. The molecule has 0 bridgehead atoms. The molecule has 0 atom stereocenters. The minimum Gasteiger partial charge on any atom is -0.456 e. The quantitative estimate of drug-likeness (QED) is 0.724. The highest BCUT2D eigenvalue weighted by atomic mass is 32.1. The second-order valence-electron chi connectivity index (χ2n) is 4.22. The van der Waals surface area contributed by atoms with E-state index in [1.54, 1.807) is 11.3 Å². The predicted molar refractivity (Wildman–Crippen MR) is 69.8 cm³/mol. The Morgan fingerprint density at radius 3 is 2.06 bits per heavy atom. The van der Waals surface area contributed by atoms with Crippen LogP contribution in [0, 0.1) is 27.7 Å². The number of ether oxygens (including phenoxy) is 1. The molecule has 2 aromatic rings. The number of hydrogen-bond donors (Lipinski definition) is 0. The average Bonchev–Trinajstić information content (AvgIpc) is 2.58. The fraction of sp³-hybridized carbons (Fsp3) is 0.286. The summed E-state index contributed by atoms with van der Waals surface area (Å²) < 4.78 is 5.93. The van der Waals surface area contributed by atoms with Crippen LogP contribution in [0.1, 0.15) is 21.6 Å². The zero-order valence-electron chi connectivity index (χ0n) is 10.1. The third-order valence-electron chi connectivity index (χ3n) is 2.53. The Morgan fingerprint density at radius 1 is 0.938 bits per heavy atom. The molecule has 0 N–H and O–H groups in total. The van der Waals surface area contributed by atoms with Gasteiger partial charge in [0.25, 0.3) is 0 Å². The second kappa shape index (κ2) is 4.30. The van der Waals surface area contributed by atoms with Crippen molar-refractivity contribution in [1.82, 2.24) is 0 Å². The summed E-state index contributed by atoms with van der Waals surface area (Å²) in [7, 11) is 0. The highest BCUT2D eigenvalue weighted by Crippen LogP contribution is 2.31. The minimum absolute atomic E-state index is 0.942. The average molecular weight is 232 g/mol. The standard InChI is InChI=1S/C14H16OS/c1-9-5-10(2)14(11(3)6-9)15-13-7-12(4)16-8-13/h5-8H,1-4H3. The summed E-state index contributed by atoms with van der Waals surface area (Å²) in [6.07, 6.45) is 0. The van der Waals surface area contributed by atoms with Crippen LogP contribution in [-0.4, -0.2) is 0 Å². The first kappa shape index (κ1) is 11.2. The van der Waals surface area contributed by atoms with Crippen molar-refractivity contribution >= 4 is 11.3 Å². The third kappa shape index (κ3) is 2.27. The van der Waals surface area contributed by atoms with Crippen LogP contribution < -0.4 is 4.74 Å². The zero-order chi connectivity index (χ0) is 11.7. The van der Waals surface area contributed by atoms with Gasteiger partial charge in [0.2, 0.25) is 0 Å². The van der Waals surface area contributed by atoms with E-state index in [0.29, 0.717) is 0 Å². The molecule has 0 amide bonds. The van der Waals surface area contributed by atoms with Crippen LogP contribution in [0.3, 0.4) is 0 Å². The molecule has 84 valence electrons. The molecule has 2 heteroatoms. The normalized spacial score (nSPS) is 10.5. The van der Waals surface area contributed by atoms with Crippen molar-refractivity contribution in [1.29, 1.82) is 0 Å². The Balaban J connectivity index is 2.34. The van der Waals surface area contributed by atoms with E-state index in [4.69, 9.17) is 4.74 Å². The van der Waals surface area contributed by atoms with E-state index in [9.17, 15) is 0 Å². The van der Waals surface area contributed by atoms with Gasteiger partial charge in [-0.25, -0.2) is 0 Å². The topological polar surface area (TPSA) is 9.23 Å². The Bertz CT molecular complexity index is 488. The molecule has 0 saturated carbocycles. The van der Waals surface area contributed by atoms with Crippen LogP contribution in [0.2, 0.25) is 0 Å². The SMILES string of the molecule is Cc1cc(C)c(Oc2csc(C)c2)c(C)c1. The molecule has 16 heavy (non-hydrogen) atoms. The Kier molecular flexibility index (Phi) is 3.01. The molecule has 1 nitrogen and oxygen atoms in total. The molecule has 0 fully saturated rings. The van der Waals surface area contributed by atoms with Crippen molar-refractivity contribution in [3.8, 4) is 11.5 Å². The monoisotopic (exact) mass is 232 g/mol. The number of hydrogen-bond acceptors (Lipinski definition) is 2. The molecule has 2 rings (SSSR count). The Labute approximate surface area is 101 Å². The van der Waals surface area contributed by atoms with E-state index in [0.717, 1.165) is 11.5 Å². The molecule has 0 spiro atoms. The smallest absolute Gasteiger partial charge is 0.138 e. The summed E-state index contributed by atoms with van der Waals surface area (Å²) in [5, 5.41) is 2.05. The molecule has 0 aliphatic carbocycles. The minimum atomic E-state index is 0.942. The fourth-order valence-corrected chi connectivity index (χ4v) is 2.52. The van der Waals surface area contributed by atoms with Crippen molar-refractivity contribution < 1.29 is 4.74 Å². The molecule has 0 unspecified atom stereocenters. The van der Waals surface area contributed by atoms with Gasteiger partial charge in [-0.05, 0) is 44.9 Å². The summed E-state index contributed by atoms with van der Waals surface area (Å²) in [5.74, 6) is 1.93. The lowest BCUT2D eigenvalue weighted by Crippen LogP contribution is -1.91. The summed E-state index contributed by atoms with van der Waals surface area (Å²) in [6.45, 7) is 8.38. The van der Waals surface area contributed by atoms with E-state index in [1.165, 1.54) is 21.6 Å². The molecule has 0 aliphatic rings. The first-order valence-corrected chi connectivity index (χ1v) is 6.25. The van der Waals surface area contributed by atoms with Crippen LogP contribution in [0.25, 0.3) is 0 Å². The molecule has 1 heterocycles. The third-order valence-corrected chi connectivity index (χ3v) is 3.37. The molecule has 1 aromatic heterocycles. The van der Waals surface area contributed by atoms with Crippen molar-refractivity contribution in [2.24, 2.45) is 0 Å². The van der Waals surface area contributed by atoms with Gasteiger partial charge in [-0.2, -0.15) is 0 Å². The maximum atomic E-state index is 5.93. The number of benzene rings is 1. The van der Waals surface area contributed by atoms with Crippen molar-refractivity contribution in [2.45, 2.75) is 27.7 Å². The fourth-order valence-electron chi connectivity index (χ4n) is 1.92. The molecule has 0 saturated heterocycles. The van der Waals surface area contributed by atoms with Crippen LogP contribution in [-0.2, 0) is 0 Å². The van der Waals surface area contributed by atoms with Crippen molar-refractivity contribution in [3.05, 3.63) is 45.1 Å². The van der Waals surface area contributed by atoms with Crippen molar-refractivity contribution in [2.75, 3.05) is 0 Å². The number of aryl methyl sites for hydroxylation is 4. The molecular formula is C14H16OS. The van der Waals surface area contributed by atoms with Gasteiger partial charge in [-0.15, -0.1) is 11.3 Å². The van der Waals surface area contributed by atoms with Crippen LogP contribution in [0.5, 0.6) is 11.5 Å². The van der Waals surface area contributed by atoms with E-state index in [1.807, 2.05) is 5.38 Å².